The zero-order chi connectivity index (χ0) is 17.1. The van der Waals surface area contributed by atoms with Crippen molar-refractivity contribution in [2.45, 2.75) is 13.0 Å². The van der Waals surface area contributed by atoms with E-state index in [0.29, 0.717) is 0 Å². The lowest BCUT2D eigenvalue weighted by Gasteiger charge is -2.38. The van der Waals surface area contributed by atoms with Gasteiger partial charge in [0.1, 0.15) is 0 Å². The molecule has 0 bridgehead atoms. The van der Waals surface area contributed by atoms with Crippen LogP contribution < -0.4 is 4.90 Å². The summed E-state index contributed by atoms with van der Waals surface area (Å²) in [5.41, 5.74) is 2.29. The first-order chi connectivity index (χ1) is 12.3. The lowest BCUT2D eigenvalue weighted by Crippen LogP contribution is -2.47. The number of nitrogens with zero attached hydrogens (tertiary/aromatic N) is 6. The number of tetrazole rings is 1. The van der Waals surface area contributed by atoms with Crippen LogP contribution in [0.4, 0.5) is 5.69 Å². The molecule has 3 aromatic rings. The Labute approximate surface area is 147 Å². The highest BCUT2D eigenvalue weighted by molar-refractivity contribution is 5.46. The molecule has 2 aromatic carbocycles. The van der Waals surface area contributed by atoms with Crippen molar-refractivity contribution in [3.63, 3.8) is 0 Å². The Morgan fingerprint density at radius 2 is 1.40 bits per heavy atom. The highest BCUT2D eigenvalue weighted by atomic mass is 15.6. The van der Waals surface area contributed by atoms with Gasteiger partial charge in [0.15, 0.2) is 5.82 Å². The minimum atomic E-state index is 0.174. The Morgan fingerprint density at radius 3 is 2.04 bits per heavy atom. The quantitative estimate of drug-likeness (QED) is 0.734. The standard InChI is InChI=1S/C19H22N6/c1-16(19-20-21-22-25(19)18-10-6-3-7-11-18)23-12-14-24(15-13-23)17-8-4-2-5-9-17/h2-11,16H,12-15H2,1H3. The Morgan fingerprint density at radius 1 is 0.800 bits per heavy atom. The van der Waals surface area contributed by atoms with Crippen molar-refractivity contribution in [3.05, 3.63) is 66.5 Å². The van der Waals surface area contributed by atoms with Gasteiger partial charge >= 0.3 is 0 Å². The lowest BCUT2D eigenvalue weighted by atomic mass is 10.2. The Hall–Kier alpha value is -2.73. The lowest BCUT2D eigenvalue weighted by molar-refractivity contribution is 0.189. The van der Waals surface area contributed by atoms with Crippen LogP contribution in [0.5, 0.6) is 0 Å². The first-order valence-corrected chi connectivity index (χ1v) is 8.70. The molecule has 2 heterocycles. The van der Waals surface area contributed by atoms with Gasteiger partial charge in [0, 0.05) is 31.9 Å². The van der Waals surface area contributed by atoms with Crippen LogP contribution in [0.3, 0.4) is 0 Å². The third kappa shape index (κ3) is 3.25. The van der Waals surface area contributed by atoms with E-state index in [1.54, 1.807) is 0 Å². The van der Waals surface area contributed by atoms with E-state index in [4.69, 9.17) is 0 Å². The zero-order valence-electron chi connectivity index (χ0n) is 14.4. The van der Waals surface area contributed by atoms with Crippen LogP contribution in [0.15, 0.2) is 60.7 Å². The first kappa shape index (κ1) is 15.8. The molecule has 128 valence electrons. The molecule has 0 aliphatic carbocycles. The third-order valence-corrected chi connectivity index (χ3v) is 4.85. The van der Waals surface area contributed by atoms with Crippen molar-refractivity contribution < 1.29 is 0 Å². The smallest absolute Gasteiger partial charge is 0.173 e. The predicted octanol–water partition coefficient (Wildman–Crippen LogP) is 2.55. The number of benzene rings is 2. The van der Waals surface area contributed by atoms with Crippen LogP contribution >= 0.6 is 0 Å². The Bertz CT molecular complexity index is 793. The number of hydrogen-bond acceptors (Lipinski definition) is 5. The molecule has 1 atom stereocenters. The molecule has 0 N–H and O–H groups in total. The molecule has 0 spiro atoms. The number of hydrogen-bond donors (Lipinski definition) is 0. The summed E-state index contributed by atoms with van der Waals surface area (Å²) < 4.78 is 1.84. The van der Waals surface area contributed by atoms with Crippen LogP contribution in [-0.4, -0.2) is 51.3 Å². The first-order valence-electron chi connectivity index (χ1n) is 8.70. The second-order valence-corrected chi connectivity index (χ2v) is 6.32. The summed E-state index contributed by atoms with van der Waals surface area (Å²) in [6.45, 7) is 6.21. The Balaban J connectivity index is 1.47. The van der Waals surface area contributed by atoms with Crippen LogP contribution in [-0.2, 0) is 0 Å². The third-order valence-electron chi connectivity index (χ3n) is 4.85. The molecule has 6 nitrogen and oxygen atoms in total. The van der Waals surface area contributed by atoms with E-state index in [-0.39, 0.29) is 6.04 Å². The van der Waals surface area contributed by atoms with Gasteiger partial charge in [0.05, 0.1) is 11.7 Å². The van der Waals surface area contributed by atoms with E-state index in [1.165, 1.54) is 5.69 Å². The SMILES string of the molecule is CC(c1nnnn1-c1ccccc1)N1CCN(c2ccccc2)CC1. The minimum absolute atomic E-state index is 0.174. The van der Waals surface area contributed by atoms with Gasteiger partial charge in [-0.15, -0.1) is 5.10 Å². The highest BCUT2D eigenvalue weighted by Crippen LogP contribution is 2.23. The maximum atomic E-state index is 4.29. The minimum Gasteiger partial charge on any atom is -0.369 e. The van der Waals surface area contributed by atoms with Crippen LogP contribution in [0.25, 0.3) is 5.69 Å². The van der Waals surface area contributed by atoms with Crippen molar-refractivity contribution in [1.82, 2.24) is 25.1 Å². The summed E-state index contributed by atoms with van der Waals surface area (Å²) >= 11 is 0. The molecule has 1 aliphatic heterocycles. The van der Waals surface area contributed by atoms with E-state index in [0.717, 1.165) is 37.7 Å². The maximum Gasteiger partial charge on any atom is 0.173 e. The number of anilines is 1. The largest absolute Gasteiger partial charge is 0.369 e. The second kappa shape index (κ2) is 7.03. The van der Waals surface area contributed by atoms with E-state index < -0.39 is 0 Å². The molecule has 0 amide bonds. The van der Waals surface area contributed by atoms with Crippen LogP contribution in [0, 0.1) is 0 Å². The molecular formula is C19H22N6. The summed E-state index contributed by atoms with van der Waals surface area (Å²) in [7, 11) is 0. The summed E-state index contributed by atoms with van der Waals surface area (Å²) in [6, 6.07) is 20.8. The molecule has 4 rings (SSSR count). The van der Waals surface area contributed by atoms with E-state index >= 15 is 0 Å². The van der Waals surface area contributed by atoms with Crippen molar-refractivity contribution in [1.29, 1.82) is 0 Å². The maximum absolute atomic E-state index is 4.29. The van der Waals surface area contributed by atoms with Gasteiger partial charge in [-0.05, 0) is 41.6 Å². The zero-order valence-corrected chi connectivity index (χ0v) is 14.4. The molecular weight excluding hydrogens is 312 g/mol. The van der Waals surface area contributed by atoms with Gasteiger partial charge in [-0.3, -0.25) is 4.90 Å². The van der Waals surface area contributed by atoms with Gasteiger partial charge in [-0.2, -0.15) is 4.68 Å². The molecule has 1 aromatic heterocycles. The Kier molecular flexibility index (Phi) is 4.43. The van der Waals surface area contributed by atoms with Crippen molar-refractivity contribution in [3.8, 4) is 5.69 Å². The molecule has 1 fully saturated rings. The van der Waals surface area contributed by atoms with Gasteiger partial charge < -0.3 is 4.90 Å². The molecule has 0 radical (unpaired) electrons. The topological polar surface area (TPSA) is 50.1 Å². The fourth-order valence-corrected chi connectivity index (χ4v) is 3.38. The number of aromatic nitrogens is 4. The van der Waals surface area contributed by atoms with Gasteiger partial charge in [-0.25, -0.2) is 0 Å². The highest BCUT2D eigenvalue weighted by Gasteiger charge is 2.26. The molecule has 1 saturated heterocycles. The average Bonchev–Trinajstić information content (AvgIpc) is 3.19. The van der Waals surface area contributed by atoms with Gasteiger partial charge in [0.25, 0.3) is 0 Å². The van der Waals surface area contributed by atoms with Crippen LogP contribution in [0.2, 0.25) is 0 Å². The van der Waals surface area contributed by atoms with Crippen molar-refractivity contribution in [2.24, 2.45) is 0 Å². The fraction of sp³-hybridized carbons (Fsp3) is 0.316. The van der Waals surface area contributed by atoms with Crippen molar-refractivity contribution >= 4 is 5.69 Å². The fourth-order valence-electron chi connectivity index (χ4n) is 3.38. The molecule has 25 heavy (non-hydrogen) atoms. The van der Waals surface area contributed by atoms with Crippen molar-refractivity contribution in [2.75, 3.05) is 31.1 Å². The number of para-hydroxylation sites is 2. The van der Waals surface area contributed by atoms with Gasteiger partial charge in [-0.1, -0.05) is 36.4 Å². The summed E-state index contributed by atoms with van der Waals surface area (Å²) in [6.07, 6.45) is 0. The normalized spacial score (nSPS) is 16.8. The number of rotatable bonds is 4. The van der Waals surface area contributed by atoms with Crippen LogP contribution in [0.1, 0.15) is 18.8 Å². The monoisotopic (exact) mass is 334 g/mol. The average molecular weight is 334 g/mol. The molecule has 0 saturated carbocycles. The molecule has 1 aliphatic rings. The van der Waals surface area contributed by atoms with Gasteiger partial charge in [0.2, 0.25) is 0 Å². The predicted molar refractivity (Wildman–Crippen MR) is 97.8 cm³/mol. The van der Waals surface area contributed by atoms with E-state index in [9.17, 15) is 0 Å². The summed E-state index contributed by atoms with van der Waals surface area (Å²) in [4.78, 5) is 4.88. The number of piperazine rings is 1. The molecule has 6 heteroatoms. The summed E-state index contributed by atoms with van der Waals surface area (Å²) in [5, 5.41) is 12.4. The molecule has 1 unspecified atom stereocenters. The summed E-state index contributed by atoms with van der Waals surface area (Å²) in [5.74, 6) is 0.888. The second-order valence-electron chi connectivity index (χ2n) is 6.32. The van der Waals surface area contributed by atoms with E-state index in [2.05, 4.69) is 62.6 Å². The van der Waals surface area contributed by atoms with E-state index in [1.807, 2.05) is 35.0 Å².